The normalized spacial score (nSPS) is 15.4. The lowest BCUT2D eigenvalue weighted by atomic mass is 9.96. The number of likely N-dealkylation sites (tertiary alicyclic amines) is 1. The average Bonchev–Trinajstić information content (AvgIpc) is 3.14. The van der Waals surface area contributed by atoms with Crippen LogP contribution in [0.3, 0.4) is 0 Å². The molecule has 2 amide bonds. The summed E-state index contributed by atoms with van der Waals surface area (Å²) in [7, 11) is 3.58. The van der Waals surface area contributed by atoms with E-state index in [0.717, 1.165) is 50.1 Å². The van der Waals surface area contributed by atoms with E-state index in [1.54, 1.807) is 17.9 Å². The number of anilines is 1. The molecule has 1 fully saturated rings. The molecular weight excluding hydrogens is 439 g/mol. The summed E-state index contributed by atoms with van der Waals surface area (Å²) in [6, 6.07) is 7.51. The van der Waals surface area contributed by atoms with Crippen LogP contribution < -0.4 is 16.4 Å². The van der Waals surface area contributed by atoms with E-state index in [4.69, 9.17) is 5.73 Å². The minimum Gasteiger partial charge on any atom is -0.369 e. The molecule has 1 unspecified atom stereocenters. The van der Waals surface area contributed by atoms with Crippen molar-refractivity contribution in [2.45, 2.75) is 25.3 Å². The minimum absolute atomic E-state index is 0. The second-order valence-corrected chi connectivity index (χ2v) is 7.62. The smallest absolute Gasteiger partial charge is 0.246 e. The molecule has 1 aliphatic rings. The third-order valence-corrected chi connectivity index (χ3v) is 5.54. The lowest BCUT2D eigenvalue weighted by Gasteiger charge is -2.30. The molecule has 31 heavy (non-hydrogen) atoms. The largest absolute Gasteiger partial charge is 0.369 e. The zero-order chi connectivity index (χ0) is 20.8. The number of carbonyl (C=O) groups excluding carboxylic acids is 2. The molecule has 0 spiro atoms. The molecule has 1 atom stereocenters. The standard InChI is InChI=1S/C21H30N6O2.2ClH/c1-23-19(17-13-24-26(2)14-17)21(29)25-18-5-3-15(4-6-18)7-10-27-11-8-16(9-12-27)20(22)28;;/h3-6,13-14,16,19,23H,7-12H2,1-2H3,(H2,22,28)(H,25,29);2*1H. The summed E-state index contributed by atoms with van der Waals surface area (Å²) < 4.78 is 1.68. The fourth-order valence-electron chi connectivity index (χ4n) is 3.74. The van der Waals surface area contributed by atoms with E-state index in [1.807, 2.05) is 37.5 Å². The molecule has 2 heterocycles. The van der Waals surface area contributed by atoms with Crippen LogP contribution >= 0.6 is 24.8 Å². The van der Waals surface area contributed by atoms with Gasteiger partial charge in [-0.25, -0.2) is 0 Å². The van der Waals surface area contributed by atoms with Gasteiger partial charge in [-0.2, -0.15) is 5.10 Å². The van der Waals surface area contributed by atoms with Gasteiger partial charge in [0, 0.05) is 37.0 Å². The first-order valence-corrected chi connectivity index (χ1v) is 10.0. The first-order chi connectivity index (χ1) is 14.0. The number of likely N-dealkylation sites (N-methyl/N-ethyl adjacent to an activating group) is 1. The van der Waals surface area contributed by atoms with Crippen LogP contribution in [-0.2, 0) is 23.1 Å². The first kappa shape index (κ1) is 26.9. The highest BCUT2D eigenvalue weighted by molar-refractivity contribution is 5.95. The summed E-state index contributed by atoms with van der Waals surface area (Å²) in [6.45, 7) is 2.79. The van der Waals surface area contributed by atoms with Gasteiger partial charge in [0.1, 0.15) is 6.04 Å². The maximum Gasteiger partial charge on any atom is 0.246 e. The number of rotatable bonds is 8. The van der Waals surface area contributed by atoms with Gasteiger partial charge in [0.15, 0.2) is 0 Å². The van der Waals surface area contributed by atoms with Gasteiger partial charge in [0.2, 0.25) is 11.8 Å². The van der Waals surface area contributed by atoms with E-state index in [9.17, 15) is 9.59 Å². The van der Waals surface area contributed by atoms with Crippen molar-refractivity contribution in [3.63, 3.8) is 0 Å². The number of nitrogens with zero attached hydrogens (tertiary/aromatic N) is 3. The third-order valence-electron chi connectivity index (χ3n) is 5.54. The van der Waals surface area contributed by atoms with E-state index >= 15 is 0 Å². The summed E-state index contributed by atoms with van der Waals surface area (Å²) in [5, 5.41) is 10.1. The lowest BCUT2D eigenvalue weighted by molar-refractivity contribution is -0.123. The molecule has 2 aromatic rings. The van der Waals surface area contributed by atoms with Gasteiger partial charge >= 0.3 is 0 Å². The van der Waals surface area contributed by atoms with Crippen LogP contribution in [0.2, 0.25) is 0 Å². The molecule has 0 aliphatic carbocycles. The SMILES string of the molecule is CNC(C(=O)Nc1ccc(CCN2CCC(C(N)=O)CC2)cc1)c1cnn(C)c1.Cl.Cl. The monoisotopic (exact) mass is 470 g/mol. The Bertz CT molecular complexity index is 835. The van der Waals surface area contributed by atoms with Crippen molar-refractivity contribution in [2.75, 3.05) is 32.0 Å². The Morgan fingerprint density at radius 3 is 2.35 bits per heavy atom. The second-order valence-electron chi connectivity index (χ2n) is 7.62. The van der Waals surface area contributed by atoms with Gasteiger partial charge in [-0.05, 0) is 57.1 Å². The van der Waals surface area contributed by atoms with Crippen LogP contribution in [0.25, 0.3) is 0 Å². The highest BCUT2D eigenvalue weighted by atomic mass is 35.5. The molecule has 0 radical (unpaired) electrons. The quantitative estimate of drug-likeness (QED) is 0.546. The van der Waals surface area contributed by atoms with Crippen molar-refractivity contribution in [3.8, 4) is 0 Å². The van der Waals surface area contributed by atoms with Crippen LogP contribution in [0.5, 0.6) is 0 Å². The van der Waals surface area contributed by atoms with Crippen LogP contribution in [0, 0.1) is 5.92 Å². The van der Waals surface area contributed by atoms with Crippen molar-refractivity contribution in [2.24, 2.45) is 18.7 Å². The zero-order valence-corrected chi connectivity index (χ0v) is 19.5. The van der Waals surface area contributed by atoms with Crippen molar-refractivity contribution < 1.29 is 9.59 Å². The molecule has 8 nitrogen and oxygen atoms in total. The highest BCUT2D eigenvalue weighted by Gasteiger charge is 2.23. The van der Waals surface area contributed by atoms with Gasteiger partial charge in [-0.15, -0.1) is 24.8 Å². The summed E-state index contributed by atoms with van der Waals surface area (Å²) in [5.41, 5.74) is 8.20. The fraction of sp³-hybridized carbons (Fsp3) is 0.476. The number of nitrogens with two attached hydrogens (primary N) is 1. The number of aromatic nitrogens is 2. The topological polar surface area (TPSA) is 105 Å². The molecular formula is C21H32Cl2N6O2. The molecule has 0 bridgehead atoms. The number of piperidine rings is 1. The molecule has 1 saturated heterocycles. The number of halogens is 2. The molecule has 1 aromatic heterocycles. The van der Waals surface area contributed by atoms with Crippen molar-refractivity contribution >= 4 is 42.3 Å². The van der Waals surface area contributed by atoms with Crippen molar-refractivity contribution in [3.05, 3.63) is 47.8 Å². The van der Waals surface area contributed by atoms with Gasteiger partial charge in [0.05, 0.1) is 6.20 Å². The molecule has 1 aliphatic heterocycles. The number of nitrogens with one attached hydrogen (secondary N) is 2. The van der Waals surface area contributed by atoms with Gasteiger partial charge in [-0.3, -0.25) is 14.3 Å². The number of carbonyl (C=O) groups is 2. The summed E-state index contributed by atoms with van der Waals surface area (Å²) in [6.07, 6.45) is 6.16. The van der Waals surface area contributed by atoms with Gasteiger partial charge in [0.25, 0.3) is 0 Å². The third kappa shape index (κ3) is 7.50. The highest BCUT2D eigenvalue weighted by Crippen LogP contribution is 2.18. The van der Waals surface area contributed by atoms with E-state index in [0.29, 0.717) is 0 Å². The lowest BCUT2D eigenvalue weighted by Crippen LogP contribution is -2.39. The van der Waals surface area contributed by atoms with E-state index in [2.05, 4.69) is 20.6 Å². The van der Waals surface area contributed by atoms with Crippen LogP contribution in [0.4, 0.5) is 5.69 Å². The maximum atomic E-state index is 12.6. The number of hydrogen-bond acceptors (Lipinski definition) is 5. The Morgan fingerprint density at radius 1 is 1.19 bits per heavy atom. The Morgan fingerprint density at radius 2 is 1.84 bits per heavy atom. The van der Waals surface area contributed by atoms with Crippen LogP contribution in [0.1, 0.15) is 30.0 Å². The van der Waals surface area contributed by atoms with E-state index < -0.39 is 6.04 Å². The van der Waals surface area contributed by atoms with E-state index in [1.165, 1.54) is 5.56 Å². The van der Waals surface area contributed by atoms with Crippen LogP contribution in [-0.4, -0.2) is 53.2 Å². The molecule has 3 rings (SSSR count). The number of aryl methyl sites for hydroxylation is 1. The molecule has 172 valence electrons. The van der Waals surface area contributed by atoms with Crippen molar-refractivity contribution in [1.29, 1.82) is 0 Å². The summed E-state index contributed by atoms with van der Waals surface area (Å²) in [5.74, 6) is -0.265. The zero-order valence-electron chi connectivity index (χ0n) is 17.9. The second kappa shape index (κ2) is 12.7. The van der Waals surface area contributed by atoms with E-state index in [-0.39, 0.29) is 42.5 Å². The predicted octanol–water partition coefficient (Wildman–Crippen LogP) is 1.90. The molecule has 4 N–H and O–H groups in total. The summed E-state index contributed by atoms with van der Waals surface area (Å²) >= 11 is 0. The number of hydrogen-bond donors (Lipinski definition) is 3. The van der Waals surface area contributed by atoms with Gasteiger partial charge in [-0.1, -0.05) is 12.1 Å². The Balaban J connectivity index is 0.00000240. The van der Waals surface area contributed by atoms with Crippen molar-refractivity contribution in [1.82, 2.24) is 20.0 Å². The Kier molecular flexibility index (Phi) is 11.0. The van der Waals surface area contributed by atoms with Gasteiger partial charge < -0.3 is 21.3 Å². The Labute approximate surface area is 195 Å². The summed E-state index contributed by atoms with van der Waals surface area (Å²) in [4.78, 5) is 26.2. The maximum absolute atomic E-state index is 12.6. The molecule has 10 heteroatoms. The van der Waals surface area contributed by atoms with Crippen LogP contribution in [0.15, 0.2) is 36.7 Å². The number of primary amides is 1. The number of benzene rings is 1. The average molecular weight is 471 g/mol. The first-order valence-electron chi connectivity index (χ1n) is 10.0. The Hall–Kier alpha value is -2.13. The fourth-order valence-corrected chi connectivity index (χ4v) is 3.74. The number of amides is 2. The molecule has 0 saturated carbocycles. The molecule has 1 aromatic carbocycles. The predicted molar refractivity (Wildman–Crippen MR) is 127 cm³/mol. The minimum atomic E-state index is -0.452.